The van der Waals surface area contributed by atoms with Gasteiger partial charge in [0.1, 0.15) is 6.61 Å². The Hall–Kier alpha value is -2.04. The number of carboxylic acids is 1. The molecule has 11 nitrogen and oxygen atoms in total. The minimum Gasteiger partial charge on any atom is -0.481 e. The molecule has 2 atom stereocenters. The normalized spacial score (nSPS) is 13.3. The molecule has 0 aliphatic carbocycles. The first kappa shape index (κ1) is 55.0. The van der Waals surface area contributed by atoms with Gasteiger partial charge in [0.05, 0.1) is 13.2 Å². The number of phosphoric acid groups is 1. The van der Waals surface area contributed by atoms with Gasteiger partial charge in [-0.05, 0) is 77.2 Å². The highest BCUT2D eigenvalue weighted by Gasteiger charge is 2.26. The predicted molar refractivity (Wildman–Crippen MR) is 231 cm³/mol. The highest BCUT2D eigenvalue weighted by Crippen LogP contribution is 2.43. The van der Waals surface area contributed by atoms with E-state index in [0.717, 1.165) is 70.6 Å². The fourth-order valence-corrected chi connectivity index (χ4v) is 6.99. The molecule has 0 radical (unpaired) electrons. The van der Waals surface area contributed by atoms with Gasteiger partial charge in [0.2, 0.25) is 0 Å². The summed E-state index contributed by atoms with van der Waals surface area (Å²) in [5.74, 6) is -1.78. The van der Waals surface area contributed by atoms with Crippen LogP contribution in [-0.2, 0) is 37.5 Å². The Balaban J connectivity index is 4.45. The second kappa shape index (κ2) is 42.1. The fourth-order valence-electron chi connectivity index (χ4n) is 6.24. The smallest absolute Gasteiger partial charge is 0.472 e. The number of rotatable bonds is 44. The zero-order chi connectivity index (χ0) is 41.9. The van der Waals surface area contributed by atoms with Gasteiger partial charge in [-0.25, -0.2) is 4.57 Å². The lowest BCUT2D eigenvalue weighted by Crippen LogP contribution is -2.29. The summed E-state index contributed by atoms with van der Waals surface area (Å²) in [7, 11) is -4.48. The van der Waals surface area contributed by atoms with Gasteiger partial charge in [-0.3, -0.25) is 23.4 Å². The molecule has 0 saturated heterocycles. The molecular weight excluding hydrogens is 745 g/mol. The van der Waals surface area contributed by atoms with Crippen molar-refractivity contribution in [3.8, 4) is 0 Å². The molecule has 0 fully saturated rings. The first-order valence-electron chi connectivity index (χ1n) is 22.9. The molecule has 0 rings (SSSR count). The van der Waals surface area contributed by atoms with Gasteiger partial charge < -0.3 is 24.8 Å². The monoisotopic (exact) mass is 830 g/mol. The minimum absolute atomic E-state index is 0.0227. The van der Waals surface area contributed by atoms with Crippen LogP contribution < -0.4 is 5.32 Å². The number of nitrogens with one attached hydrogen (secondary N) is 1. The molecule has 0 bridgehead atoms. The number of hydrogen-bond acceptors (Lipinski definition) is 9. The number of carbonyl (C=O) groups excluding carboxylic acids is 2. The quantitative estimate of drug-likeness (QED) is 0.0232. The molecule has 0 aromatic carbocycles. The van der Waals surface area contributed by atoms with E-state index in [1.165, 1.54) is 83.5 Å². The van der Waals surface area contributed by atoms with Crippen LogP contribution in [0.2, 0.25) is 0 Å². The van der Waals surface area contributed by atoms with Crippen LogP contribution in [0.15, 0.2) is 24.3 Å². The number of unbranched alkanes of at least 4 members (excludes halogenated alkanes) is 22. The van der Waals surface area contributed by atoms with E-state index in [2.05, 4.69) is 43.5 Å². The largest absolute Gasteiger partial charge is 0.481 e. The Morgan fingerprint density at radius 3 is 1.46 bits per heavy atom. The summed E-state index contributed by atoms with van der Waals surface area (Å²) in [5.41, 5.74) is 0. The summed E-state index contributed by atoms with van der Waals surface area (Å²) < 4.78 is 33.5. The number of ether oxygens (including phenoxy) is 2. The SMILES string of the molecule is CCCCCCCC/C=C\CCCCCCCC(=O)OC[C@H](COP(=O)(O)OCCNCCCC(=O)O)OC(=O)CCCCCCC/C=C\CCCCCCCC. The van der Waals surface area contributed by atoms with E-state index in [0.29, 0.717) is 25.8 Å². The molecule has 1 unspecified atom stereocenters. The van der Waals surface area contributed by atoms with Crippen LogP contribution in [0, 0.1) is 0 Å². The molecule has 0 aliphatic rings. The van der Waals surface area contributed by atoms with Crippen molar-refractivity contribution in [1.82, 2.24) is 5.32 Å². The first-order chi connectivity index (χ1) is 27.7. The van der Waals surface area contributed by atoms with Crippen LogP contribution in [0.5, 0.6) is 0 Å². The van der Waals surface area contributed by atoms with Crippen molar-refractivity contribution in [2.24, 2.45) is 0 Å². The first-order valence-corrected chi connectivity index (χ1v) is 24.4. The molecule has 57 heavy (non-hydrogen) atoms. The highest BCUT2D eigenvalue weighted by molar-refractivity contribution is 7.47. The molecule has 0 heterocycles. The van der Waals surface area contributed by atoms with Crippen molar-refractivity contribution in [2.45, 2.75) is 213 Å². The van der Waals surface area contributed by atoms with Crippen molar-refractivity contribution >= 4 is 25.7 Å². The Morgan fingerprint density at radius 1 is 0.544 bits per heavy atom. The van der Waals surface area contributed by atoms with Gasteiger partial charge >= 0.3 is 25.7 Å². The van der Waals surface area contributed by atoms with Crippen molar-refractivity contribution in [3.63, 3.8) is 0 Å². The molecule has 0 aliphatic heterocycles. The molecule has 0 aromatic heterocycles. The molecule has 3 N–H and O–H groups in total. The van der Waals surface area contributed by atoms with Crippen LogP contribution in [0.25, 0.3) is 0 Å². The van der Waals surface area contributed by atoms with Gasteiger partial charge in [0.25, 0.3) is 0 Å². The average Bonchev–Trinajstić information content (AvgIpc) is 3.18. The minimum atomic E-state index is -4.48. The lowest BCUT2D eigenvalue weighted by atomic mass is 10.1. The lowest BCUT2D eigenvalue weighted by molar-refractivity contribution is -0.161. The number of phosphoric ester groups is 1. The maximum Gasteiger partial charge on any atom is 0.472 e. The van der Waals surface area contributed by atoms with Crippen molar-refractivity contribution in [3.05, 3.63) is 24.3 Å². The third-order valence-electron chi connectivity index (χ3n) is 9.71. The second-order valence-corrected chi connectivity index (χ2v) is 16.8. The number of esters is 2. The van der Waals surface area contributed by atoms with Crippen LogP contribution in [-0.4, -0.2) is 66.9 Å². The van der Waals surface area contributed by atoms with E-state index in [4.69, 9.17) is 23.6 Å². The predicted octanol–water partition coefficient (Wildman–Crippen LogP) is 12.1. The summed E-state index contributed by atoms with van der Waals surface area (Å²) >= 11 is 0. The maximum absolute atomic E-state index is 12.7. The van der Waals surface area contributed by atoms with Gasteiger partial charge in [-0.15, -0.1) is 0 Å². The van der Waals surface area contributed by atoms with Crippen molar-refractivity contribution < 1.29 is 47.5 Å². The van der Waals surface area contributed by atoms with Gasteiger partial charge in [-0.1, -0.05) is 141 Å². The number of carbonyl (C=O) groups is 3. The lowest BCUT2D eigenvalue weighted by Gasteiger charge is -2.20. The van der Waals surface area contributed by atoms with Gasteiger partial charge in [0, 0.05) is 25.8 Å². The fraction of sp³-hybridized carbons (Fsp3) is 0.844. The highest BCUT2D eigenvalue weighted by atomic mass is 31.2. The standard InChI is InChI=1S/C45H84NO10P/c1-3-5-7-9-11-13-15-17-19-21-23-25-27-29-31-35-44(49)53-40-42(41-55-57(51,52)54-39-38-46-37-33-34-43(47)48)56-45(50)36-32-30-28-26-24-22-20-18-16-14-12-10-8-6-4-2/h17-20,42,46H,3-16,21-41H2,1-2H3,(H,47,48)(H,51,52)/b19-17-,20-18-/t42-/m1/s1. The molecule has 0 spiro atoms. The molecule has 0 amide bonds. The summed E-state index contributed by atoms with van der Waals surface area (Å²) in [6.07, 6.45) is 39.1. The summed E-state index contributed by atoms with van der Waals surface area (Å²) in [6, 6.07) is 0. The molecule has 0 saturated carbocycles. The Kier molecular flexibility index (Phi) is 40.6. The van der Waals surface area contributed by atoms with E-state index >= 15 is 0 Å². The van der Waals surface area contributed by atoms with E-state index in [1.54, 1.807) is 0 Å². The third kappa shape index (κ3) is 43.4. The summed E-state index contributed by atoms with van der Waals surface area (Å²) in [5, 5.41) is 11.6. The van der Waals surface area contributed by atoms with Crippen molar-refractivity contribution in [1.29, 1.82) is 0 Å². The molecular formula is C45H84NO10P. The van der Waals surface area contributed by atoms with Gasteiger partial charge in [-0.2, -0.15) is 0 Å². The average molecular weight is 830 g/mol. The van der Waals surface area contributed by atoms with Gasteiger partial charge in [0.15, 0.2) is 6.10 Å². The van der Waals surface area contributed by atoms with E-state index in [1.807, 2.05) is 0 Å². The Labute approximate surface area is 347 Å². The number of hydrogen-bond donors (Lipinski definition) is 3. The Bertz CT molecular complexity index is 1050. The zero-order valence-electron chi connectivity index (χ0n) is 36.2. The van der Waals surface area contributed by atoms with E-state index < -0.39 is 38.4 Å². The molecule has 334 valence electrons. The molecule has 0 aromatic rings. The summed E-state index contributed by atoms with van der Waals surface area (Å²) in [6.45, 7) is 4.22. The van der Waals surface area contributed by atoms with Crippen LogP contribution in [0.4, 0.5) is 0 Å². The van der Waals surface area contributed by atoms with Crippen LogP contribution in [0.3, 0.4) is 0 Å². The van der Waals surface area contributed by atoms with Crippen molar-refractivity contribution in [2.75, 3.05) is 32.9 Å². The zero-order valence-corrected chi connectivity index (χ0v) is 37.1. The van der Waals surface area contributed by atoms with Crippen LogP contribution >= 0.6 is 7.82 Å². The number of aliphatic carboxylic acids is 1. The maximum atomic E-state index is 12.7. The van der Waals surface area contributed by atoms with Crippen LogP contribution in [0.1, 0.15) is 206 Å². The number of allylic oxidation sites excluding steroid dienone is 4. The summed E-state index contributed by atoms with van der Waals surface area (Å²) in [4.78, 5) is 46.0. The Morgan fingerprint density at radius 2 is 0.982 bits per heavy atom. The number of carboxylic acid groups (broad SMARTS) is 1. The third-order valence-corrected chi connectivity index (χ3v) is 10.7. The van der Waals surface area contributed by atoms with E-state index in [-0.39, 0.29) is 39.0 Å². The second-order valence-electron chi connectivity index (χ2n) is 15.3. The molecule has 12 heteroatoms. The topological polar surface area (TPSA) is 158 Å². The van der Waals surface area contributed by atoms with E-state index in [9.17, 15) is 23.8 Å².